The minimum absolute atomic E-state index is 1.04. The van der Waals surface area contributed by atoms with Crippen LogP contribution in [0.3, 0.4) is 0 Å². The van der Waals surface area contributed by atoms with Crippen molar-refractivity contribution in [1.29, 1.82) is 0 Å². The molecule has 0 saturated heterocycles. The Bertz CT molecular complexity index is 663. The average molecular weight is 414 g/mol. The van der Waals surface area contributed by atoms with Crippen molar-refractivity contribution in [3.8, 4) is 0 Å². The molecule has 130 valence electrons. The van der Waals surface area contributed by atoms with E-state index >= 15 is 0 Å². The van der Waals surface area contributed by atoms with Crippen LogP contribution >= 0.6 is 23.4 Å². The van der Waals surface area contributed by atoms with Gasteiger partial charge in [0, 0.05) is 0 Å². The Morgan fingerprint density at radius 3 is 1.36 bits per heavy atom. The molecule has 0 saturated carbocycles. The molecule has 0 atom stereocenters. The predicted molar refractivity (Wildman–Crippen MR) is 118 cm³/mol. The molecule has 0 spiro atoms. The fourth-order valence-electron chi connectivity index (χ4n) is 3.66. The Balaban J connectivity index is 2.16. The van der Waals surface area contributed by atoms with Crippen LogP contribution in [-0.4, -0.2) is 23.7 Å². The first-order chi connectivity index (χ1) is 12.2. The molecule has 0 aliphatic heterocycles. The van der Waals surface area contributed by atoms with Crippen LogP contribution in [0, 0.1) is 0 Å². The van der Waals surface area contributed by atoms with E-state index in [1.165, 1.54) is 22.1 Å². The maximum absolute atomic E-state index is 3.56. The molecule has 0 aromatic heterocycles. The Morgan fingerprint density at radius 1 is 0.680 bits per heavy atom. The summed E-state index contributed by atoms with van der Waals surface area (Å²) < 4.78 is 2.10. The zero-order chi connectivity index (χ0) is 17.5. The topological polar surface area (TPSA) is 3.24 Å². The number of nitrogens with zero attached hydrogens (tertiary/aromatic N) is 1. The van der Waals surface area contributed by atoms with Crippen molar-refractivity contribution < 1.29 is 0 Å². The van der Waals surface area contributed by atoms with Crippen molar-refractivity contribution in [3.05, 3.63) is 91.0 Å². The Hall–Kier alpha value is -1.47. The summed E-state index contributed by atoms with van der Waals surface area (Å²) in [5.41, 5.74) is 0. The van der Waals surface area contributed by atoms with Crippen molar-refractivity contribution in [2.45, 2.75) is 6.42 Å². The van der Waals surface area contributed by atoms with Gasteiger partial charge in [0.1, 0.15) is 0 Å². The molecule has 0 radical (unpaired) electrons. The van der Waals surface area contributed by atoms with Gasteiger partial charge in [0.25, 0.3) is 0 Å². The van der Waals surface area contributed by atoms with E-state index in [1.54, 1.807) is 0 Å². The molecule has 1 nitrogen and oxygen atoms in total. The minimum atomic E-state index is -2.04. The zero-order valence-electron chi connectivity index (χ0n) is 14.6. The van der Waals surface area contributed by atoms with Gasteiger partial charge in [0.15, 0.2) is 0 Å². The van der Waals surface area contributed by atoms with E-state index < -0.39 is 7.26 Å². The summed E-state index contributed by atoms with van der Waals surface area (Å²) in [7, 11) is 0.0420. The summed E-state index contributed by atoms with van der Waals surface area (Å²) in [6, 6.07) is 33.4. The number of hydrogen-bond acceptors (Lipinski definition) is 1. The van der Waals surface area contributed by atoms with Crippen molar-refractivity contribution in [2.24, 2.45) is 0 Å². The van der Waals surface area contributed by atoms with Crippen molar-refractivity contribution in [2.75, 3.05) is 19.8 Å². The Kier molecular flexibility index (Phi) is 6.42. The molecule has 3 rings (SSSR count). The Morgan fingerprint density at radius 2 is 1.04 bits per heavy atom. The van der Waals surface area contributed by atoms with Gasteiger partial charge in [-0.1, -0.05) is 0 Å². The van der Waals surface area contributed by atoms with Crippen LogP contribution in [0.4, 0.5) is 0 Å². The first-order valence-electron chi connectivity index (χ1n) is 8.77. The van der Waals surface area contributed by atoms with Gasteiger partial charge in [-0.2, -0.15) is 0 Å². The normalized spacial score (nSPS) is 12.3. The van der Waals surface area contributed by atoms with E-state index in [1.807, 2.05) is 0 Å². The summed E-state index contributed by atoms with van der Waals surface area (Å²) in [5, 5.41) is 4.47. The molecular weight excluding hydrogens is 389 g/mol. The van der Waals surface area contributed by atoms with E-state index in [9.17, 15) is 0 Å². The van der Waals surface area contributed by atoms with Gasteiger partial charge in [-0.05, 0) is 0 Å². The standard InChI is InChI=1S/C22H25BrNP/c1-24(23)18-11-19-25(20-12-5-2-6-13-20,21-14-7-3-8-15-21)22-16-9-4-10-17-22/h2-10,12-17,25H,11,18-19H2,1H3. The second-order valence-corrected chi connectivity index (χ2v) is 11.7. The fourth-order valence-corrected chi connectivity index (χ4v) is 8.75. The first kappa shape index (κ1) is 18.3. The van der Waals surface area contributed by atoms with Gasteiger partial charge in [0.05, 0.1) is 0 Å². The monoisotopic (exact) mass is 413 g/mol. The van der Waals surface area contributed by atoms with Crippen molar-refractivity contribution in [3.63, 3.8) is 0 Å². The first-order valence-corrected chi connectivity index (χ1v) is 11.7. The van der Waals surface area contributed by atoms with E-state index in [-0.39, 0.29) is 0 Å². The summed E-state index contributed by atoms with van der Waals surface area (Å²) in [6.07, 6.45) is 2.35. The fraction of sp³-hybridized carbons (Fsp3) is 0.182. The quantitative estimate of drug-likeness (QED) is 0.411. The van der Waals surface area contributed by atoms with Crippen molar-refractivity contribution in [1.82, 2.24) is 3.93 Å². The predicted octanol–water partition coefficient (Wildman–Crippen LogP) is 4.34. The second-order valence-electron chi connectivity index (χ2n) is 6.44. The third-order valence-electron chi connectivity index (χ3n) is 4.82. The number of hydrogen-bond donors (Lipinski definition) is 0. The van der Waals surface area contributed by atoms with E-state index in [2.05, 4.69) is 118 Å². The molecule has 0 heterocycles. The van der Waals surface area contributed by atoms with Gasteiger partial charge >= 0.3 is 160 Å². The van der Waals surface area contributed by atoms with Crippen LogP contribution in [0.25, 0.3) is 0 Å². The molecule has 0 bridgehead atoms. The molecule has 0 aliphatic carbocycles. The van der Waals surface area contributed by atoms with Crippen molar-refractivity contribution >= 4 is 39.3 Å². The Labute approximate surface area is 160 Å². The number of halogens is 1. The molecule has 0 aliphatic rings. The zero-order valence-corrected chi connectivity index (χ0v) is 17.2. The molecular formula is C22H25BrNP. The van der Waals surface area contributed by atoms with Gasteiger partial charge in [-0.15, -0.1) is 0 Å². The van der Waals surface area contributed by atoms with Gasteiger partial charge in [-0.3, -0.25) is 0 Å². The number of rotatable bonds is 7. The summed E-state index contributed by atoms with van der Waals surface area (Å²) in [5.74, 6) is 0. The molecule has 25 heavy (non-hydrogen) atoms. The average Bonchev–Trinajstić information content (AvgIpc) is 2.67. The second kappa shape index (κ2) is 8.76. The summed E-state index contributed by atoms with van der Waals surface area (Å²) in [4.78, 5) is 0. The number of benzene rings is 3. The molecule has 0 fully saturated rings. The van der Waals surface area contributed by atoms with Gasteiger partial charge in [0.2, 0.25) is 0 Å². The maximum atomic E-state index is 3.56. The molecule has 3 aromatic carbocycles. The summed E-state index contributed by atoms with van der Waals surface area (Å²) in [6.45, 7) is 1.04. The van der Waals surface area contributed by atoms with E-state index in [0.717, 1.165) is 13.0 Å². The van der Waals surface area contributed by atoms with Crippen LogP contribution in [0.15, 0.2) is 91.0 Å². The van der Waals surface area contributed by atoms with Crippen LogP contribution in [-0.2, 0) is 0 Å². The van der Waals surface area contributed by atoms with Crippen LogP contribution in [0.1, 0.15) is 6.42 Å². The third kappa shape index (κ3) is 4.20. The van der Waals surface area contributed by atoms with Crippen LogP contribution in [0.5, 0.6) is 0 Å². The summed E-state index contributed by atoms with van der Waals surface area (Å²) >= 11 is 3.56. The molecule has 0 unspecified atom stereocenters. The van der Waals surface area contributed by atoms with Gasteiger partial charge in [-0.25, -0.2) is 0 Å². The molecule has 3 aromatic rings. The van der Waals surface area contributed by atoms with Crippen LogP contribution < -0.4 is 15.9 Å². The van der Waals surface area contributed by atoms with E-state index in [0.29, 0.717) is 0 Å². The van der Waals surface area contributed by atoms with E-state index in [4.69, 9.17) is 0 Å². The third-order valence-corrected chi connectivity index (χ3v) is 10.2. The molecule has 0 N–H and O–H groups in total. The van der Waals surface area contributed by atoms with Gasteiger partial charge < -0.3 is 0 Å². The molecule has 0 amide bonds. The SMILES string of the molecule is CN(Br)CCC[PH](c1ccccc1)(c1ccccc1)c1ccccc1. The molecule has 3 heteroatoms. The van der Waals surface area contributed by atoms with Crippen LogP contribution in [0.2, 0.25) is 0 Å².